The van der Waals surface area contributed by atoms with Gasteiger partial charge in [0.15, 0.2) is 24.8 Å². The molecule has 2 rings (SSSR count). The fourth-order valence-corrected chi connectivity index (χ4v) is 16.9. The average molecular weight is 1750 g/mol. The number of carboxylic acids is 1. The summed E-state index contributed by atoms with van der Waals surface area (Å²) in [4.78, 5) is 120. The molecule has 0 aliphatic carbocycles. The Morgan fingerprint density at radius 2 is 0.669 bits per heavy atom. The standard InChI is InChI=1S/C94H175N2O24P/c1-7-13-19-25-31-37-43-49-55-61-74(98)67-80(100)95-87-91(118-85(106)68-75(99)62-56-50-44-38-32-26-20-14-8-2)89(108)79(117-93(87)113-73-82(102)103)72-112-94-88(96-81(101)69-76(63-57-51-45-39-33-27-21-15-9-3)114-83(104)65-59-53-47-41-35-29-23-17-11-5)92(90(78(71-97)116-94)120-121(109,110)111)119-86(107)70-77(64-58-52-46-40-34-28-22-16-10-4)115-84(105)66-60-54-48-42-36-30-24-18-12-6/h74-79,87-94,97-99,108H,7-73H2,1-6H3,(H,95,100)(H,96,101)(H,102,103)(H2,109,110,111)/t74-,75-,76-,77-,78-,79-,87-,88-,89-,90-,91-,92-,93-,94-/m1/s1. The molecule has 2 heterocycles. The zero-order valence-electron chi connectivity index (χ0n) is 76.5. The van der Waals surface area contributed by atoms with Crippen molar-refractivity contribution in [1.82, 2.24) is 10.6 Å². The second-order valence-electron chi connectivity index (χ2n) is 34.9. The highest BCUT2D eigenvalue weighted by Crippen LogP contribution is 2.43. The molecule has 0 spiro atoms. The highest BCUT2D eigenvalue weighted by atomic mass is 31.2. The van der Waals surface area contributed by atoms with Crippen molar-refractivity contribution in [3.05, 3.63) is 0 Å². The van der Waals surface area contributed by atoms with Crippen LogP contribution in [0.1, 0.15) is 452 Å². The first kappa shape index (κ1) is 113. The third-order valence-corrected chi connectivity index (χ3v) is 24.0. The van der Waals surface area contributed by atoms with E-state index in [2.05, 4.69) is 52.2 Å². The summed E-state index contributed by atoms with van der Waals surface area (Å²) in [5, 5.41) is 61.8. The molecule has 710 valence electrons. The van der Waals surface area contributed by atoms with Gasteiger partial charge in [0.25, 0.3) is 0 Å². The van der Waals surface area contributed by atoms with Crippen LogP contribution >= 0.6 is 7.82 Å². The number of nitrogens with one attached hydrogen (secondary N) is 2. The van der Waals surface area contributed by atoms with Gasteiger partial charge in [-0.2, -0.15) is 0 Å². The van der Waals surface area contributed by atoms with Crippen LogP contribution in [0.15, 0.2) is 0 Å². The van der Waals surface area contributed by atoms with Crippen LogP contribution in [0.4, 0.5) is 0 Å². The number of carbonyl (C=O) groups is 7. The molecule has 2 aliphatic heterocycles. The number of hydrogen-bond acceptors (Lipinski definition) is 21. The first-order valence-electron chi connectivity index (χ1n) is 49.0. The van der Waals surface area contributed by atoms with E-state index in [-0.39, 0.29) is 38.5 Å². The van der Waals surface area contributed by atoms with Crippen molar-refractivity contribution >= 4 is 49.5 Å². The molecule has 2 fully saturated rings. The number of unbranched alkanes of at least 4 members (excludes halogenated alkanes) is 48. The van der Waals surface area contributed by atoms with E-state index in [0.717, 1.165) is 250 Å². The number of aliphatic hydroxyl groups excluding tert-OH is 4. The molecule has 2 aliphatic rings. The number of phosphoric acid groups is 1. The fourth-order valence-electron chi connectivity index (χ4n) is 16.3. The SMILES string of the molecule is CCCCCCCCCCCC(=O)O[C@H](CCCCCCCCCCC)CC(=O)N[C@H]1[C@H](OC[C@H]2O[C@@H](OCC(=O)O)[C@H](NC(=O)C[C@H](O)CCCCCCCCCCC)[C@@H](OC(=O)C[C@H](O)CCCCCCCCCCC)[C@@H]2O)O[C@H](CO)[C@@H](OP(=O)(O)O)[C@@H]1OC(=O)C[C@@H](CCCCCCCCCCC)OC(=O)CCCCCCCCCCC. The van der Waals surface area contributed by atoms with E-state index in [1.165, 1.54) is 57.8 Å². The molecule has 121 heavy (non-hydrogen) atoms. The van der Waals surface area contributed by atoms with Gasteiger partial charge in [-0.1, -0.05) is 363 Å². The summed E-state index contributed by atoms with van der Waals surface area (Å²) in [6, 6.07) is -3.55. The Bertz CT molecular complexity index is 2620. The Balaban J connectivity index is 2.84. The molecule has 0 aromatic rings. The number of carboxylic acid groups (broad SMARTS) is 1. The summed E-state index contributed by atoms with van der Waals surface area (Å²) in [6.45, 7) is 10.0. The minimum atomic E-state index is -5.66. The van der Waals surface area contributed by atoms with Gasteiger partial charge in [0, 0.05) is 12.8 Å². The van der Waals surface area contributed by atoms with Crippen molar-refractivity contribution in [3.8, 4) is 0 Å². The number of carbonyl (C=O) groups excluding carboxylic acids is 6. The van der Waals surface area contributed by atoms with Crippen molar-refractivity contribution in [2.24, 2.45) is 0 Å². The van der Waals surface area contributed by atoms with Crippen molar-refractivity contribution in [3.63, 3.8) is 0 Å². The smallest absolute Gasteiger partial charge is 0.470 e. The predicted molar refractivity (Wildman–Crippen MR) is 472 cm³/mol. The number of esters is 4. The Morgan fingerprint density at radius 3 is 1.04 bits per heavy atom. The van der Waals surface area contributed by atoms with E-state index in [1.54, 1.807) is 0 Å². The van der Waals surface area contributed by atoms with E-state index in [0.29, 0.717) is 38.5 Å². The van der Waals surface area contributed by atoms with Gasteiger partial charge in [-0.05, 0) is 51.4 Å². The number of amides is 2. The molecule has 0 aromatic carbocycles. The van der Waals surface area contributed by atoms with Gasteiger partial charge < -0.3 is 83.8 Å². The summed E-state index contributed by atoms with van der Waals surface area (Å²) in [5.74, 6) is -6.24. The molecule has 26 nitrogen and oxygen atoms in total. The zero-order chi connectivity index (χ0) is 88.8. The normalized spacial score (nSPS) is 20.3. The highest BCUT2D eigenvalue weighted by Gasteiger charge is 2.54. The van der Waals surface area contributed by atoms with Crippen LogP contribution in [0, 0.1) is 0 Å². The number of aliphatic hydroxyl groups is 4. The molecule has 0 saturated carbocycles. The van der Waals surface area contributed by atoms with E-state index in [1.807, 2.05) is 0 Å². The van der Waals surface area contributed by atoms with Crippen LogP contribution in [-0.4, -0.2) is 183 Å². The molecule has 0 radical (unpaired) electrons. The lowest BCUT2D eigenvalue weighted by molar-refractivity contribution is -0.304. The molecule has 27 heteroatoms. The summed E-state index contributed by atoms with van der Waals surface area (Å²) < 4.78 is 68.1. The summed E-state index contributed by atoms with van der Waals surface area (Å²) in [7, 11) is -5.66. The number of ether oxygens (including phenoxy) is 8. The van der Waals surface area contributed by atoms with Gasteiger partial charge >= 0.3 is 37.7 Å². The molecule has 0 bridgehead atoms. The minimum Gasteiger partial charge on any atom is -0.480 e. The molecule has 0 aromatic heterocycles. The molecule has 14 atom stereocenters. The first-order valence-corrected chi connectivity index (χ1v) is 50.6. The fraction of sp³-hybridized carbons (Fsp3) is 0.926. The summed E-state index contributed by atoms with van der Waals surface area (Å²) in [6.07, 6.45) is 33.8. The van der Waals surface area contributed by atoms with Crippen LogP contribution in [-0.2, 0) is 80.5 Å². The lowest BCUT2D eigenvalue weighted by Gasteiger charge is -2.47. The topological polar surface area (TPSA) is 385 Å². The van der Waals surface area contributed by atoms with E-state index in [4.69, 9.17) is 42.4 Å². The van der Waals surface area contributed by atoms with Gasteiger partial charge in [-0.25, -0.2) is 9.36 Å². The number of hydrogen-bond donors (Lipinski definition) is 9. The predicted octanol–water partition coefficient (Wildman–Crippen LogP) is 19.8. The molecular weight excluding hydrogens is 1570 g/mol. The third-order valence-electron chi connectivity index (χ3n) is 23.5. The van der Waals surface area contributed by atoms with Crippen LogP contribution in [0.3, 0.4) is 0 Å². The van der Waals surface area contributed by atoms with Crippen molar-refractivity contribution in [2.45, 2.75) is 538 Å². The minimum absolute atomic E-state index is 0.0910. The Hall–Kier alpha value is -3.92. The van der Waals surface area contributed by atoms with E-state index in [9.17, 15) is 68.7 Å². The van der Waals surface area contributed by atoms with Gasteiger partial charge in [-0.3, -0.25) is 33.3 Å². The molecular formula is C94H175N2O24P. The summed E-state index contributed by atoms with van der Waals surface area (Å²) >= 11 is 0. The average Bonchev–Trinajstić information content (AvgIpc) is 0.779. The molecule has 0 unspecified atom stereocenters. The first-order chi connectivity index (χ1) is 58.5. The Kier molecular flexibility index (Phi) is 70.2. The maximum Gasteiger partial charge on any atom is 0.470 e. The number of aliphatic carboxylic acids is 1. The van der Waals surface area contributed by atoms with Gasteiger partial charge in [0.2, 0.25) is 11.8 Å². The van der Waals surface area contributed by atoms with Gasteiger partial charge in [-0.15, -0.1) is 0 Å². The Labute approximate surface area is 730 Å². The maximum atomic E-state index is 15.2. The Morgan fingerprint density at radius 1 is 0.364 bits per heavy atom. The zero-order valence-corrected chi connectivity index (χ0v) is 77.4. The van der Waals surface area contributed by atoms with Crippen LogP contribution in [0.5, 0.6) is 0 Å². The highest BCUT2D eigenvalue weighted by molar-refractivity contribution is 7.46. The lowest BCUT2D eigenvalue weighted by atomic mass is 9.95. The quantitative estimate of drug-likeness (QED) is 0.0118. The molecule has 2 saturated heterocycles. The second-order valence-corrected chi connectivity index (χ2v) is 36.1. The van der Waals surface area contributed by atoms with Crippen molar-refractivity contribution in [2.75, 3.05) is 19.8 Å². The monoisotopic (exact) mass is 1750 g/mol. The van der Waals surface area contributed by atoms with Crippen LogP contribution in [0.25, 0.3) is 0 Å². The van der Waals surface area contributed by atoms with E-state index < -0.39 is 181 Å². The van der Waals surface area contributed by atoms with Crippen molar-refractivity contribution in [1.29, 1.82) is 0 Å². The molecule has 2 amide bonds. The third kappa shape index (κ3) is 59.7. The number of rotatable bonds is 83. The summed E-state index contributed by atoms with van der Waals surface area (Å²) in [5.41, 5.74) is 0. The maximum absolute atomic E-state index is 15.2. The molecule has 9 N–H and O–H groups in total. The largest absolute Gasteiger partial charge is 0.480 e. The van der Waals surface area contributed by atoms with Gasteiger partial charge in [0.05, 0.1) is 51.1 Å². The second kappa shape index (κ2) is 75.1. The van der Waals surface area contributed by atoms with Crippen LogP contribution < -0.4 is 10.6 Å². The number of phosphoric ester groups is 1. The lowest BCUT2D eigenvalue weighted by Crippen LogP contribution is -2.68. The van der Waals surface area contributed by atoms with Crippen LogP contribution in [0.2, 0.25) is 0 Å². The van der Waals surface area contributed by atoms with E-state index >= 15 is 4.79 Å². The van der Waals surface area contributed by atoms with Crippen molar-refractivity contribution < 1.29 is 116 Å². The van der Waals surface area contributed by atoms with Gasteiger partial charge in [0.1, 0.15) is 55.3 Å².